The van der Waals surface area contributed by atoms with E-state index in [2.05, 4.69) is 10.7 Å². The number of carbonyl (C=O) groups excluding carboxylic acids is 2. The molecule has 3 rings (SSSR count). The Morgan fingerprint density at radius 2 is 1.70 bits per heavy atom. The maximum absolute atomic E-state index is 12.3. The molecule has 0 aliphatic rings. The van der Waals surface area contributed by atoms with E-state index in [0.717, 1.165) is 11.1 Å². The van der Waals surface area contributed by atoms with Crippen LogP contribution in [0.1, 0.15) is 20.7 Å². The van der Waals surface area contributed by atoms with Gasteiger partial charge in [0, 0.05) is 16.8 Å². The van der Waals surface area contributed by atoms with Crippen molar-refractivity contribution in [1.29, 1.82) is 0 Å². The lowest BCUT2D eigenvalue weighted by Gasteiger charge is -2.07. The first-order valence-corrected chi connectivity index (χ1v) is 7.91. The lowest BCUT2D eigenvalue weighted by Crippen LogP contribution is -2.14. The average Bonchev–Trinajstić information content (AvgIpc) is 3.09. The molecule has 3 aromatic rings. The Bertz CT molecular complexity index is 840. The molecular formula is C18H14N2O2S. The minimum atomic E-state index is -0.527. The molecule has 2 aromatic carbocycles. The van der Waals surface area contributed by atoms with Crippen molar-refractivity contribution >= 4 is 28.8 Å². The number of anilines is 1. The van der Waals surface area contributed by atoms with Crippen molar-refractivity contribution < 1.29 is 9.59 Å². The third-order valence-electron chi connectivity index (χ3n) is 3.41. The first kappa shape index (κ1) is 15.0. The number of carbonyl (C=O) groups is 2. The second-order valence-electron chi connectivity index (χ2n) is 4.99. The van der Waals surface area contributed by atoms with E-state index in [0.29, 0.717) is 16.8 Å². The van der Waals surface area contributed by atoms with Gasteiger partial charge < -0.3 is 11.1 Å². The molecule has 4 nitrogen and oxygen atoms in total. The normalized spacial score (nSPS) is 10.3. The number of nitrogens with one attached hydrogen (secondary N) is 1. The maximum Gasteiger partial charge on any atom is 0.255 e. The molecule has 114 valence electrons. The Balaban J connectivity index is 1.76. The average molecular weight is 322 g/mol. The molecule has 0 unspecified atom stereocenters. The standard InChI is InChI=1S/C18H14N2O2S/c19-17(21)14-2-1-3-16(10-14)20-18(22)13-6-4-12(5-7-13)15-8-9-23-11-15/h1-11H,(H2,19,21)(H,20,22). The summed E-state index contributed by atoms with van der Waals surface area (Å²) in [5.41, 5.74) is 8.88. The molecule has 0 radical (unpaired) electrons. The maximum atomic E-state index is 12.3. The first-order chi connectivity index (χ1) is 11.1. The lowest BCUT2D eigenvalue weighted by molar-refractivity contribution is 0.0996. The van der Waals surface area contributed by atoms with Gasteiger partial charge in [-0.2, -0.15) is 11.3 Å². The molecule has 1 aromatic heterocycles. The minimum Gasteiger partial charge on any atom is -0.366 e. The lowest BCUT2D eigenvalue weighted by atomic mass is 10.1. The van der Waals surface area contributed by atoms with Gasteiger partial charge in [0.25, 0.3) is 5.91 Å². The van der Waals surface area contributed by atoms with Crippen LogP contribution in [0.3, 0.4) is 0 Å². The monoisotopic (exact) mass is 322 g/mol. The summed E-state index contributed by atoms with van der Waals surface area (Å²) in [6.07, 6.45) is 0. The SMILES string of the molecule is NC(=O)c1cccc(NC(=O)c2ccc(-c3ccsc3)cc2)c1. The van der Waals surface area contributed by atoms with Gasteiger partial charge in [-0.3, -0.25) is 9.59 Å². The number of rotatable bonds is 4. The summed E-state index contributed by atoms with van der Waals surface area (Å²) in [6, 6.07) is 16.0. The van der Waals surface area contributed by atoms with Gasteiger partial charge in [0.1, 0.15) is 0 Å². The molecular weight excluding hydrogens is 308 g/mol. The van der Waals surface area contributed by atoms with Crippen LogP contribution < -0.4 is 11.1 Å². The van der Waals surface area contributed by atoms with Crippen LogP contribution in [0.25, 0.3) is 11.1 Å². The van der Waals surface area contributed by atoms with Crippen molar-refractivity contribution in [3.8, 4) is 11.1 Å². The van der Waals surface area contributed by atoms with Crippen LogP contribution in [0.2, 0.25) is 0 Å². The van der Waals surface area contributed by atoms with Gasteiger partial charge in [-0.1, -0.05) is 18.2 Å². The van der Waals surface area contributed by atoms with Gasteiger partial charge >= 0.3 is 0 Å². The summed E-state index contributed by atoms with van der Waals surface area (Å²) in [5.74, 6) is -0.760. The van der Waals surface area contributed by atoms with Crippen molar-refractivity contribution in [3.05, 3.63) is 76.5 Å². The highest BCUT2D eigenvalue weighted by atomic mass is 32.1. The topological polar surface area (TPSA) is 72.2 Å². The van der Waals surface area contributed by atoms with Crippen LogP contribution in [0.15, 0.2) is 65.4 Å². The molecule has 0 fully saturated rings. The Kier molecular flexibility index (Phi) is 4.21. The highest BCUT2D eigenvalue weighted by Crippen LogP contribution is 2.22. The second-order valence-corrected chi connectivity index (χ2v) is 5.77. The fourth-order valence-corrected chi connectivity index (χ4v) is 2.86. The molecule has 2 amide bonds. The van der Waals surface area contributed by atoms with Gasteiger partial charge in [-0.15, -0.1) is 0 Å². The van der Waals surface area contributed by atoms with Crippen molar-refractivity contribution in [2.45, 2.75) is 0 Å². The third-order valence-corrected chi connectivity index (χ3v) is 4.09. The molecule has 0 aliphatic carbocycles. The summed E-state index contributed by atoms with van der Waals surface area (Å²) in [7, 11) is 0. The van der Waals surface area contributed by atoms with Gasteiger partial charge in [0.2, 0.25) is 5.91 Å². The molecule has 3 N–H and O–H groups in total. The predicted octanol–water partition coefficient (Wildman–Crippen LogP) is 3.77. The largest absolute Gasteiger partial charge is 0.366 e. The fraction of sp³-hybridized carbons (Fsp3) is 0. The predicted molar refractivity (Wildman–Crippen MR) is 92.7 cm³/mol. The van der Waals surface area contributed by atoms with Crippen LogP contribution in [0, 0.1) is 0 Å². The Morgan fingerprint density at radius 3 is 2.35 bits per heavy atom. The number of primary amides is 1. The van der Waals surface area contributed by atoms with Gasteiger partial charge in [0.15, 0.2) is 0 Å². The molecule has 0 bridgehead atoms. The Hall–Kier alpha value is -2.92. The fourth-order valence-electron chi connectivity index (χ4n) is 2.20. The quantitative estimate of drug-likeness (QED) is 0.767. The number of hydrogen-bond acceptors (Lipinski definition) is 3. The minimum absolute atomic E-state index is 0.233. The van der Waals surface area contributed by atoms with Crippen molar-refractivity contribution in [2.24, 2.45) is 5.73 Å². The van der Waals surface area contributed by atoms with Crippen LogP contribution in [0.5, 0.6) is 0 Å². The molecule has 0 atom stereocenters. The van der Waals surface area contributed by atoms with E-state index in [9.17, 15) is 9.59 Å². The number of amides is 2. The van der Waals surface area contributed by atoms with Crippen LogP contribution in [0.4, 0.5) is 5.69 Å². The van der Waals surface area contributed by atoms with Gasteiger partial charge in [-0.05, 0) is 58.3 Å². The van der Waals surface area contributed by atoms with E-state index >= 15 is 0 Å². The van der Waals surface area contributed by atoms with E-state index in [4.69, 9.17) is 5.73 Å². The van der Waals surface area contributed by atoms with E-state index in [-0.39, 0.29) is 5.91 Å². The smallest absolute Gasteiger partial charge is 0.255 e. The van der Waals surface area contributed by atoms with Gasteiger partial charge in [-0.25, -0.2) is 0 Å². The third kappa shape index (κ3) is 3.46. The zero-order valence-corrected chi connectivity index (χ0v) is 13.0. The number of hydrogen-bond donors (Lipinski definition) is 2. The van der Waals surface area contributed by atoms with E-state index < -0.39 is 5.91 Å². The number of nitrogens with two attached hydrogens (primary N) is 1. The zero-order valence-electron chi connectivity index (χ0n) is 12.2. The van der Waals surface area contributed by atoms with Crippen molar-refractivity contribution in [1.82, 2.24) is 0 Å². The Labute approximate surface area is 137 Å². The second kappa shape index (κ2) is 6.46. The molecule has 0 saturated carbocycles. The highest BCUT2D eigenvalue weighted by molar-refractivity contribution is 7.08. The van der Waals surface area contributed by atoms with Crippen LogP contribution >= 0.6 is 11.3 Å². The molecule has 0 spiro atoms. The molecule has 1 heterocycles. The van der Waals surface area contributed by atoms with Crippen LogP contribution in [-0.2, 0) is 0 Å². The summed E-state index contributed by atoms with van der Waals surface area (Å²) in [5, 5.41) is 6.84. The summed E-state index contributed by atoms with van der Waals surface area (Å²) < 4.78 is 0. The van der Waals surface area contributed by atoms with Gasteiger partial charge in [0.05, 0.1) is 0 Å². The summed E-state index contributed by atoms with van der Waals surface area (Å²) in [6.45, 7) is 0. The molecule has 23 heavy (non-hydrogen) atoms. The zero-order chi connectivity index (χ0) is 16.2. The number of benzene rings is 2. The van der Waals surface area contributed by atoms with Crippen LogP contribution in [-0.4, -0.2) is 11.8 Å². The number of thiophene rings is 1. The molecule has 0 aliphatic heterocycles. The first-order valence-electron chi connectivity index (χ1n) is 6.97. The molecule has 5 heteroatoms. The van der Waals surface area contributed by atoms with Crippen molar-refractivity contribution in [2.75, 3.05) is 5.32 Å². The van der Waals surface area contributed by atoms with E-state index in [1.54, 1.807) is 47.7 Å². The highest BCUT2D eigenvalue weighted by Gasteiger charge is 2.08. The summed E-state index contributed by atoms with van der Waals surface area (Å²) >= 11 is 1.63. The van der Waals surface area contributed by atoms with Crippen molar-refractivity contribution in [3.63, 3.8) is 0 Å². The molecule has 0 saturated heterocycles. The summed E-state index contributed by atoms with van der Waals surface area (Å²) in [4.78, 5) is 23.4. The van der Waals surface area contributed by atoms with E-state index in [1.165, 1.54) is 0 Å². The van der Waals surface area contributed by atoms with E-state index in [1.807, 2.05) is 23.6 Å². The Morgan fingerprint density at radius 1 is 0.913 bits per heavy atom.